The lowest BCUT2D eigenvalue weighted by Crippen LogP contribution is -2.14. The summed E-state index contributed by atoms with van der Waals surface area (Å²) in [5.74, 6) is -0.717. The van der Waals surface area contributed by atoms with Crippen LogP contribution in [0.4, 0.5) is 0 Å². The summed E-state index contributed by atoms with van der Waals surface area (Å²) in [6.45, 7) is 2.23. The molecule has 0 unspecified atom stereocenters. The van der Waals surface area contributed by atoms with Gasteiger partial charge in [-0.3, -0.25) is 0 Å². The predicted molar refractivity (Wildman–Crippen MR) is 95.8 cm³/mol. The second-order valence-corrected chi connectivity index (χ2v) is 6.43. The lowest BCUT2D eigenvalue weighted by molar-refractivity contribution is 0.0593. The van der Waals surface area contributed by atoms with Crippen LogP contribution in [0, 0.1) is 0 Å². The Balaban J connectivity index is 2.37. The molecule has 0 radical (unpaired) electrons. The highest BCUT2D eigenvalue weighted by Gasteiger charge is 2.20. The van der Waals surface area contributed by atoms with Gasteiger partial charge in [-0.25, -0.2) is 9.59 Å². The molecule has 2 aromatic carbocycles. The molecule has 5 nitrogen and oxygen atoms in total. The maximum atomic E-state index is 12.5. The molecule has 0 aromatic heterocycles. The first-order valence-corrected chi connectivity index (χ1v) is 8.57. The van der Waals surface area contributed by atoms with Crippen molar-refractivity contribution < 1.29 is 23.8 Å². The van der Waals surface area contributed by atoms with E-state index in [1.165, 1.54) is 19.2 Å². The minimum absolute atomic E-state index is 0.109. The number of carbonyl (C=O) groups is 2. The summed E-state index contributed by atoms with van der Waals surface area (Å²) in [4.78, 5) is 24.4. The van der Waals surface area contributed by atoms with Crippen molar-refractivity contribution in [2.75, 3.05) is 13.7 Å². The molecule has 0 amide bonds. The van der Waals surface area contributed by atoms with Gasteiger partial charge in [0.15, 0.2) is 0 Å². The minimum atomic E-state index is -0.632. The molecule has 0 saturated heterocycles. The van der Waals surface area contributed by atoms with E-state index in [9.17, 15) is 9.59 Å². The number of methoxy groups -OCH3 is 1. The summed E-state index contributed by atoms with van der Waals surface area (Å²) in [6.07, 6.45) is 0. The van der Waals surface area contributed by atoms with E-state index < -0.39 is 11.9 Å². The molecular weight excluding hydrogens is 444 g/mol. The van der Waals surface area contributed by atoms with Gasteiger partial charge in [-0.1, -0.05) is 31.9 Å². The van der Waals surface area contributed by atoms with Crippen LogP contribution >= 0.6 is 31.9 Å². The van der Waals surface area contributed by atoms with E-state index in [4.69, 9.17) is 14.2 Å². The zero-order chi connectivity index (χ0) is 17.7. The maximum absolute atomic E-state index is 12.5. The zero-order valence-corrected chi connectivity index (χ0v) is 16.1. The largest absolute Gasteiger partial charge is 0.493 e. The van der Waals surface area contributed by atoms with Crippen molar-refractivity contribution in [2.24, 2.45) is 0 Å². The Hall–Kier alpha value is -1.86. The van der Waals surface area contributed by atoms with Crippen LogP contribution in [0.2, 0.25) is 0 Å². The predicted octanol–water partition coefficient (Wildman–Crippen LogP) is 4.62. The van der Waals surface area contributed by atoms with E-state index in [0.717, 1.165) is 0 Å². The fourth-order valence-electron chi connectivity index (χ4n) is 1.96. The summed E-state index contributed by atoms with van der Waals surface area (Å²) in [6, 6.07) is 9.75. The third-order valence-electron chi connectivity index (χ3n) is 3.01. The van der Waals surface area contributed by atoms with Crippen molar-refractivity contribution in [2.45, 2.75) is 6.92 Å². The van der Waals surface area contributed by atoms with Gasteiger partial charge in [0.2, 0.25) is 0 Å². The number of benzene rings is 2. The van der Waals surface area contributed by atoms with E-state index in [2.05, 4.69) is 31.9 Å². The quantitative estimate of drug-likeness (QED) is 0.484. The van der Waals surface area contributed by atoms with Crippen molar-refractivity contribution in [3.05, 3.63) is 56.5 Å². The van der Waals surface area contributed by atoms with E-state index in [0.29, 0.717) is 21.3 Å². The van der Waals surface area contributed by atoms with Crippen LogP contribution < -0.4 is 9.47 Å². The molecular formula is C17H14Br2O5. The molecule has 0 bridgehead atoms. The van der Waals surface area contributed by atoms with Gasteiger partial charge >= 0.3 is 11.9 Å². The van der Waals surface area contributed by atoms with Gasteiger partial charge in [-0.2, -0.15) is 0 Å². The molecule has 0 atom stereocenters. The summed E-state index contributed by atoms with van der Waals surface area (Å²) in [5.41, 5.74) is 0.401. The molecule has 7 heteroatoms. The SMILES string of the molecule is CCOc1ccc(Br)cc1C(=O)Oc1ccc(Br)cc1C(=O)OC. The molecule has 24 heavy (non-hydrogen) atoms. The minimum Gasteiger partial charge on any atom is -0.493 e. The van der Waals surface area contributed by atoms with Gasteiger partial charge < -0.3 is 14.2 Å². The Morgan fingerprint density at radius 2 is 1.46 bits per heavy atom. The molecule has 0 heterocycles. The maximum Gasteiger partial charge on any atom is 0.347 e. The number of rotatable bonds is 5. The number of halogens is 2. The summed E-state index contributed by atoms with van der Waals surface area (Å²) in [7, 11) is 1.26. The Morgan fingerprint density at radius 3 is 2.00 bits per heavy atom. The number of hydrogen-bond acceptors (Lipinski definition) is 5. The first-order chi connectivity index (χ1) is 11.5. The standard InChI is InChI=1S/C17H14Br2O5/c1-3-23-14-6-4-10(18)8-12(14)17(21)24-15-7-5-11(19)9-13(15)16(20)22-2/h4-9H,3H2,1-2H3. The smallest absolute Gasteiger partial charge is 0.347 e. The highest BCUT2D eigenvalue weighted by Crippen LogP contribution is 2.28. The highest BCUT2D eigenvalue weighted by molar-refractivity contribution is 9.10. The molecule has 0 spiro atoms. The van der Waals surface area contributed by atoms with Crippen molar-refractivity contribution in [1.29, 1.82) is 0 Å². The first-order valence-electron chi connectivity index (χ1n) is 6.98. The highest BCUT2D eigenvalue weighted by atomic mass is 79.9. The van der Waals surface area contributed by atoms with E-state index in [-0.39, 0.29) is 16.9 Å². The number of ether oxygens (including phenoxy) is 3. The van der Waals surface area contributed by atoms with Crippen LogP contribution in [0.25, 0.3) is 0 Å². The normalized spacial score (nSPS) is 10.2. The molecule has 0 aliphatic rings. The van der Waals surface area contributed by atoms with Crippen LogP contribution in [-0.2, 0) is 4.74 Å². The monoisotopic (exact) mass is 456 g/mol. The Labute approximate surface area is 156 Å². The third-order valence-corrected chi connectivity index (χ3v) is 4.00. The van der Waals surface area contributed by atoms with Crippen molar-refractivity contribution >= 4 is 43.8 Å². The summed E-state index contributed by atoms with van der Waals surface area (Å²) in [5, 5.41) is 0. The molecule has 126 valence electrons. The Kier molecular flexibility index (Phi) is 6.39. The fourth-order valence-corrected chi connectivity index (χ4v) is 2.68. The average molecular weight is 458 g/mol. The Bertz CT molecular complexity index is 774. The molecule has 2 rings (SSSR count). The van der Waals surface area contributed by atoms with Crippen LogP contribution in [-0.4, -0.2) is 25.7 Å². The van der Waals surface area contributed by atoms with E-state index in [1.54, 1.807) is 24.3 Å². The number of hydrogen-bond donors (Lipinski definition) is 0. The molecule has 2 aromatic rings. The number of esters is 2. The second kappa shape index (κ2) is 8.30. The van der Waals surface area contributed by atoms with Crippen LogP contribution in [0.3, 0.4) is 0 Å². The van der Waals surface area contributed by atoms with Gasteiger partial charge in [0.25, 0.3) is 0 Å². The zero-order valence-electron chi connectivity index (χ0n) is 13.0. The lowest BCUT2D eigenvalue weighted by Gasteiger charge is -2.12. The molecule has 0 aliphatic heterocycles. The van der Waals surface area contributed by atoms with Crippen LogP contribution in [0.5, 0.6) is 11.5 Å². The van der Waals surface area contributed by atoms with Crippen molar-refractivity contribution in [3.8, 4) is 11.5 Å². The Morgan fingerprint density at radius 1 is 0.917 bits per heavy atom. The van der Waals surface area contributed by atoms with Crippen LogP contribution in [0.1, 0.15) is 27.6 Å². The second-order valence-electron chi connectivity index (χ2n) is 4.60. The van der Waals surface area contributed by atoms with Crippen molar-refractivity contribution in [3.63, 3.8) is 0 Å². The summed E-state index contributed by atoms with van der Waals surface area (Å²) < 4.78 is 16.9. The van der Waals surface area contributed by atoms with E-state index >= 15 is 0 Å². The summed E-state index contributed by atoms with van der Waals surface area (Å²) >= 11 is 6.59. The van der Waals surface area contributed by atoms with Gasteiger partial charge in [0.1, 0.15) is 22.6 Å². The lowest BCUT2D eigenvalue weighted by atomic mass is 10.2. The van der Waals surface area contributed by atoms with Gasteiger partial charge in [0.05, 0.1) is 13.7 Å². The van der Waals surface area contributed by atoms with Crippen molar-refractivity contribution in [1.82, 2.24) is 0 Å². The fraction of sp³-hybridized carbons (Fsp3) is 0.176. The average Bonchev–Trinajstić information content (AvgIpc) is 2.57. The number of carbonyl (C=O) groups excluding carboxylic acids is 2. The first kappa shape index (κ1) is 18.5. The topological polar surface area (TPSA) is 61.8 Å². The van der Waals surface area contributed by atoms with Crippen LogP contribution in [0.15, 0.2) is 45.3 Å². The molecule has 0 N–H and O–H groups in total. The van der Waals surface area contributed by atoms with Gasteiger partial charge in [-0.15, -0.1) is 0 Å². The third kappa shape index (κ3) is 4.36. The molecule has 0 saturated carbocycles. The van der Waals surface area contributed by atoms with Gasteiger partial charge in [-0.05, 0) is 43.3 Å². The van der Waals surface area contributed by atoms with E-state index in [1.807, 2.05) is 6.92 Å². The molecule has 0 fully saturated rings. The molecule has 0 aliphatic carbocycles. The van der Waals surface area contributed by atoms with Gasteiger partial charge in [0, 0.05) is 8.95 Å².